The molecule has 1 aliphatic rings. The number of amides is 1. The van der Waals surface area contributed by atoms with Crippen LogP contribution in [0.2, 0.25) is 0 Å². The molecule has 2 rings (SSSR count). The van der Waals surface area contributed by atoms with Crippen molar-refractivity contribution in [1.29, 1.82) is 0 Å². The summed E-state index contributed by atoms with van der Waals surface area (Å²) in [4.78, 5) is 14.0. The second kappa shape index (κ2) is 10.5. The van der Waals surface area contributed by atoms with Crippen molar-refractivity contribution in [3.63, 3.8) is 0 Å². The summed E-state index contributed by atoms with van der Waals surface area (Å²) in [7, 11) is 0. The zero-order chi connectivity index (χ0) is 17.2. The first-order chi connectivity index (χ1) is 11.7. The van der Waals surface area contributed by atoms with Crippen molar-refractivity contribution < 1.29 is 14.3 Å². The van der Waals surface area contributed by atoms with Crippen molar-refractivity contribution in [2.75, 3.05) is 24.7 Å². The SMILES string of the molecule is O=C1CCC(/C=C/CCc2ccc(F)cc2)N1CCSCCCO. The normalized spacial score (nSPS) is 18.0. The van der Waals surface area contributed by atoms with Crippen LogP contribution in [0.5, 0.6) is 0 Å². The number of aliphatic hydroxyl groups excluding tert-OH is 1. The molecule has 1 N–H and O–H groups in total. The van der Waals surface area contributed by atoms with E-state index in [9.17, 15) is 9.18 Å². The summed E-state index contributed by atoms with van der Waals surface area (Å²) in [6, 6.07) is 6.83. The minimum absolute atomic E-state index is 0.203. The van der Waals surface area contributed by atoms with Gasteiger partial charge in [-0.25, -0.2) is 4.39 Å². The molecule has 24 heavy (non-hydrogen) atoms. The number of carbonyl (C=O) groups excluding carboxylic acids is 1. The van der Waals surface area contributed by atoms with Gasteiger partial charge in [-0.1, -0.05) is 24.3 Å². The minimum Gasteiger partial charge on any atom is -0.396 e. The molecule has 0 aromatic heterocycles. The zero-order valence-corrected chi connectivity index (χ0v) is 14.8. The second-order valence-electron chi connectivity index (χ2n) is 5.98. The number of rotatable bonds is 10. The first-order valence-electron chi connectivity index (χ1n) is 8.60. The molecule has 1 fully saturated rings. The van der Waals surface area contributed by atoms with Crippen LogP contribution in [0.15, 0.2) is 36.4 Å². The van der Waals surface area contributed by atoms with Crippen molar-refractivity contribution >= 4 is 17.7 Å². The summed E-state index contributed by atoms with van der Waals surface area (Å²) in [5.74, 6) is 1.90. The molecule has 1 aromatic carbocycles. The van der Waals surface area contributed by atoms with Crippen LogP contribution in [0.25, 0.3) is 0 Å². The molecule has 1 heterocycles. The average molecular weight is 351 g/mol. The van der Waals surface area contributed by atoms with Gasteiger partial charge in [-0.3, -0.25) is 4.79 Å². The molecule has 1 saturated heterocycles. The van der Waals surface area contributed by atoms with Gasteiger partial charge >= 0.3 is 0 Å². The van der Waals surface area contributed by atoms with Gasteiger partial charge in [0, 0.05) is 25.3 Å². The zero-order valence-electron chi connectivity index (χ0n) is 14.0. The predicted octanol–water partition coefficient (Wildman–Crippen LogP) is 3.42. The lowest BCUT2D eigenvalue weighted by Crippen LogP contribution is -2.33. The van der Waals surface area contributed by atoms with Gasteiger partial charge in [0.2, 0.25) is 5.91 Å². The first kappa shape index (κ1) is 19.0. The number of hydrogen-bond acceptors (Lipinski definition) is 3. The highest BCUT2D eigenvalue weighted by molar-refractivity contribution is 7.99. The summed E-state index contributed by atoms with van der Waals surface area (Å²) < 4.78 is 12.9. The topological polar surface area (TPSA) is 40.5 Å². The van der Waals surface area contributed by atoms with Crippen molar-refractivity contribution in [3.8, 4) is 0 Å². The first-order valence-corrected chi connectivity index (χ1v) is 9.75. The molecule has 0 radical (unpaired) electrons. The van der Waals surface area contributed by atoms with Crippen LogP contribution in [-0.2, 0) is 11.2 Å². The Hall–Kier alpha value is -1.33. The van der Waals surface area contributed by atoms with E-state index in [2.05, 4.69) is 12.2 Å². The van der Waals surface area contributed by atoms with E-state index in [0.717, 1.165) is 49.3 Å². The molecule has 5 heteroatoms. The van der Waals surface area contributed by atoms with Gasteiger partial charge in [0.05, 0.1) is 6.04 Å². The van der Waals surface area contributed by atoms with E-state index in [4.69, 9.17) is 5.11 Å². The molecule has 1 unspecified atom stereocenters. The number of benzene rings is 1. The molecule has 0 spiro atoms. The van der Waals surface area contributed by atoms with E-state index >= 15 is 0 Å². The van der Waals surface area contributed by atoms with E-state index in [1.54, 1.807) is 11.8 Å². The van der Waals surface area contributed by atoms with Crippen molar-refractivity contribution in [2.24, 2.45) is 0 Å². The standard InChI is InChI=1S/C19H26FNO2S/c20-17-8-6-16(7-9-17)4-1-2-5-18-10-11-19(23)21(18)12-15-24-14-3-13-22/h2,5-9,18,22H,1,3-4,10-15H2/b5-2+. The van der Waals surface area contributed by atoms with E-state index in [0.29, 0.717) is 6.42 Å². The number of aliphatic hydroxyl groups is 1. The number of carbonyl (C=O) groups is 1. The van der Waals surface area contributed by atoms with Gasteiger partial charge in [0.15, 0.2) is 0 Å². The minimum atomic E-state index is -0.203. The molecule has 132 valence electrons. The molecule has 1 aromatic rings. The Balaban J connectivity index is 1.72. The van der Waals surface area contributed by atoms with Gasteiger partial charge in [0.25, 0.3) is 0 Å². The summed E-state index contributed by atoms with van der Waals surface area (Å²) in [5, 5.41) is 8.77. The highest BCUT2D eigenvalue weighted by atomic mass is 32.2. The Kier molecular flexibility index (Phi) is 8.33. The van der Waals surface area contributed by atoms with E-state index < -0.39 is 0 Å². The van der Waals surface area contributed by atoms with Crippen molar-refractivity contribution in [2.45, 2.75) is 38.1 Å². The number of hydrogen-bond donors (Lipinski definition) is 1. The fourth-order valence-corrected chi connectivity index (χ4v) is 3.70. The maximum atomic E-state index is 12.9. The molecule has 0 saturated carbocycles. The van der Waals surface area contributed by atoms with Crippen molar-refractivity contribution in [3.05, 3.63) is 47.8 Å². The Morgan fingerprint density at radius 2 is 2.08 bits per heavy atom. The molecule has 0 aliphatic carbocycles. The molecule has 1 aliphatic heterocycles. The summed E-state index contributed by atoms with van der Waals surface area (Å²) >= 11 is 1.79. The molecular formula is C19H26FNO2S. The largest absolute Gasteiger partial charge is 0.396 e. The number of allylic oxidation sites excluding steroid dienone is 1. The molecular weight excluding hydrogens is 325 g/mol. The van der Waals surface area contributed by atoms with Gasteiger partial charge in [0.1, 0.15) is 5.82 Å². The lowest BCUT2D eigenvalue weighted by atomic mass is 10.1. The van der Waals surface area contributed by atoms with Gasteiger partial charge in [-0.2, -0.15) is 11.8 Å². The van der Waals surface area contributed by atoms with Crippen molar-refractivity contribution in [1.82, 2.24) is 4.90 Å². The summed E-state index contributed by atoms with van der Waals surface area (Å²) in [5.41, 5.74) is 1.13. The van der Waals surface area contributed by atoms with Crippen LogP contribution in [0.3, 0.4) is 0 Å². The molecule has 1 amide bonds. The summed E-state index contributed by atoms with van der Waals surface area (Å²) in [6.07, 6.45) is 8.40. The Labute approximate surface area is 147 Å². The Morgan fingerprint density at radius 3 is 2.83 bits per heavy atom. The van der Waals surface area contributed by atoms with E-state index in [1.807, 2.05) is 17.0 Å². The third-order valence-electron chi connectivity index (χ3n) is 4.17. The number of nitrogens with zero attached hydrogens (tertiary/aromatic N) is 1. The average Bonchev–Trinajstić information content (AvgIpc) is 2.93. The third-order valence-corrected chi connectivity index (χ3v) is 5.22. The highest BCUT2D eigenvalue weighted by Gasteiger charge is 2.28. The van der Waals surface area contributed by atoms with Crippen LogP contribution < -0.4 is 0 Å². The van der Waals surface area contributed by atoms with Crippen LogP contribution >= 0.6 is 11.8 Å². The van der Waals surface area contributed by atoms with E-state index in [1.165, 1.54) is 12.1 Å². The number of likely N-dealkylation sites (tertiary alicyclic amines) is 1. The number of thioether (sulfide) groups is 1. The Bertz CT molecular complexity index is 533. The highest BCUT2D eigenvalue weighted by Crippen LogP contribution is 2.21. The Morgan fingerprint density at radius 1 is 1.29 bits per heavy atom. The third kappa shape index (κ3) is 6.29. The lowest BCUT2D eigenvalue weighted by Gasteiger charge is -2.22. The maximum Gasteiger partial charge on any atom is 0.223 e. The maximum absolute atomic E-state index is 12.9. The van der Waals surface area contributed by atoms with Crippen LogP contribution in [-0.4, -0.2) is 46.6 Å². The van der Waals surface area contributed by atoms with Crippen LogP contribution in [0.4, 0.5) is 4.39 Å². The molecule has 3 nitrogen and oxygen atoms in total. The quantitative estimate of drug-likeness (QED) is 0.519. The van der Waals surface area contributed by atoms with Gasteiger partial charge in [-0.15, -0.1) is 0 Å². The summed E-state index contributed by atoms with van der Waals surface area (Å²) in [6.45, 7) is 1.01. The monoisotopic (exact) mass is 351 g/mol. The fraction of sp³-hybridized carbons (Fsp3) is 0.526. The lowest BCUT2D eigenvalue weighted by molar-refractivity contribution is -0.128. The van der Waals surface area contributed by atoms with Crippen LogP contribution in [0.1, 0.15) is 31.2 Å². The van der Waals surface area contributed by atoms with E-state index in [-0.39, 0.29) is 24.4 Å². The van der Waals surface area contributed by atoms with Crippen LogP contribution in [0, 0.1) is 5.82 Å². The second-order valence-corrected chi connectivity index (χ2v) is 7.20. The fourth-order valence-electron chi connectivity index (χ4n) is 2.83. The van der Waals surface area contributed by atoms with Gasteiger partial charge < -0.3 is 10.0 Å². The number of halogens is 1. The molecule has 1 atom stereocenters. The number of aryl methyl sites for hydroxylation is 1. The smallest absolute Gasteiger partial charge is 0.223 e. The predicted molar refractivity (Wildman–Crippen MR) is 97.6 cm³/mol. The molecule has 0 bridgehead atoms. The van der Waals surface area contributed by atoms with Gasteiger partial charge in [-0.05, 0) is 49.1 Å².